The molecule has 0 amide bonds. The smallest absolute Gasteiger partial charge is 0.340 e. The van der Waals surface area contributed by atoms with E-state index in [0.717, 1.165) is 12.0 Å². The van der Waals surface area contributed by atoms with Crippen LogP contribution in [0.5, 0.6) is 5.75 Å². The Labute approximate surface area is 189 Å². The standard InChI is InChI=1S/C24H30N2O5S/c1-7-31-24(27)21-16(4)26(5)19-12-13-20(30-6)23(22(19)21)25-32(28,29)18-10-8-17(9-11-18)14-15(2)3/h8-13,15,25H,7,14H2,1-6H3. The second-order valence-electron chi connectivity index (χ2n) is 8.12. The normalized spacial score (nSPS) is 11.7. The van der Waals surface area contributed by atoms with Crippen molar-refractivity contribution < 1.29 is 22.7 Å². The number of nitrogens with zero attached hydrogens (tertiary/aromatic N) is 1. The number of rotatable bonds is 8. The molecule has 8 heteroatoms. The Hall–Kier alpha value is -3.00. The van der Waals surface area contributed by atoms with Gasteiger partial charge in [-0.1, -0.05) is 26.0 Å². The Bertz CT molecular complexity index is 1240. The van der Waals surface area contributed by atoms with E-state index in [1.807, 2.05) is 23.7 Å². The number of ether oxygens (including phenoxy) is 2. The van der Waals surface area contributed by atoms with Crippen LogP contribution < -0.4 is 9.46 Å². The molecule has 3 rings (SSSR count). The van der Waals surface area contributed by atoms with Crippen LogP contribution in [0, 0.1) is 12.8 Å². The maximum Gasteiger partial charge on any atom is 0.340 e. The fraction of sp³-hybridized carbons (Fsp3) is 0.375. The summed E-state index contributed by atoms with van der Waals surface area (Å²) in [5, 5.41) is 0.447. The highest BCUT2D eigenvalue weighted by Crippen LogP contribution is 2.39. The number of fused-ring (bicyclic) bond motifs is 1. The molecule has 172 valence electrons. The van der Waals surface area contributed by atoms with Gasteiger partial charge in [0.1, 0.15) is 11.4 Å². The minimum Gasteiger partial charge on any atom is -0.495 e. The maximum atomic E-state index is 13.3. The predicted molar refractivity (Wildman–Crippen MR) is 126 cm³/mol. The van der Waals surface area contributed by atoms with E-state index in [4.69, 9.17) is 9.47 Å². The summed E-state index contributed by atoms with van der Waals surface area (Å²) in [7, 11) is -0.656. The SMILES string of the molecule is CCOC(=O)c1c(C)n(C)c2ccc(OC)c(NS(=O)(=O)c3ccc(CC(C)C)cc3)c12. The summed E-state index contributed by atoms with van der Waals surface area (Å²) in [6.45, 7) is 7.96. The fourth-order valence-electron chi connectivity index (χ4n) is 3.83. The van der Waals surface area contributed by atoms with Crippen molar-refractivity contribution in [1.82, 2.24) is 4.57 Å². The summed E-state index contributed by atoms with van der Waals surface area (Å²) < 4.78 is 41.7. The molecule has 0 saturated carbocycles. The highest BCUT2D eigenvalue weighted by atomic mass is 32.2. The van der Waals surface area contributed by atoms with Gasteiger partial charge in [-0.2, -0.15) is 0 Å². The lowest BCUT2D eigenvalue weighted by Crippen LogP contribution is -2.15. The van der Waals surface area contributed by atoms with E-state index in [9.17, 15) is 13.2 Å². The van der Waals surface area contributed by atoms with Crippen LogP contribution in [0.4, 0.5) is 5.69 Å². The molecule has 0 saturated heterocycles. The van der Waals surface area contributed by atoms with E-state index in [-0.39, 0.29) is 17.2 Å². The quantitative estimate of drug-likeness (QED) is 0.496. The van der Waals surface area contributed by atoms with Crippen LogP contribution in [0.2, 0.25) is 0 Å². The van der Waals surface area contributed by atoms with Crippen LogP contribution >= 0.6 is 0 Å². The lowest BCUT2D eigenvalue weighted by Gasteiger charge is -2.15. The molecule has 0 fully saturated rings. The van der Waals surface area contributed by atoms with Crippen LogP contribution in [0.25, 0.3) is 10.9 Å². The van der Waals surface area contributed by atoms with Crippen molar-refractivity contribution in [2.75, 3.05) is 18.4 Å². The molecule has 0 aliphatic rings. The molecule has 3 aromatic rings. The third-order valence-electron chi connectivity index (χ3n) is 5.43. The Morgan fingerprint density at radius 1 is 1.12 bits per heavy atom. The number of aromatic nitrogens is 1. The summed E-state index contributed by atoms with van der Waals surface area (Å²) in [5.41, 5.74) is 2.96. The van der Waals surface area contributed by atoms with Crippen LogP contribution in [0.3, 0.4) is 0 Å². The summed E-state index contributed by atoms with van der Waals surface area (Å²) in [6.07, 6.45) is 0.868. The molecule has 0 spiro atoms. The number of sulfonamides is 1. The number of methoxy groups -OCH3 is 1. The Morgan fingerprint density at radius 3 is 2.34 bits per heavy atom. The number of nitrogens with one attached hydrogen (secondary N) is 1. The van der Waals surface area contributed by atoms with E-state index < -0.39 is 16.0 Å². The van der Waals surface area contributed by atoms with E-state index >= 15 is 0 Å². The first-order chi connectivity index (χ1) is 15.1. The van der Waals surface area contributed by atoms with Gasteiger partial charge in [0.05, 0.1) is 29.7 Å². The molecule has 0 atom stereocenters. The molecular formula is C24H30N2O5S. The Morgan fingerprint density at radius 2 is 1.78 bits per heavy atom. The number of hydrogen-bond donors (Lipinski definition) is 1. The predicted octanol–water partition coefficient (Wildman–Crippen LogP) is 4.67. The summed E-state index contributed by atoms with van der Waals surface area (Å²) in [5.74, 6) is 0.274. The van der Waals surface area contributed by atoms with Crippen molar-refractivity contribution in [3.8, 4) is 5.75 Å². The highest BCUT2D eigenvalue weighted by Gasteiger charge is 2.27. The minimum atomic E-state index is -3.93. The average molecular weight is 459 g/mol. The van der Waals surface area contributed by atoms with Crippen molar-refractivity contribution in [1.29, 1.82) is 0 Å². The largest absolute Gasteiger partial charge is 0.495 e. The number of carbonyl (C=O) groups excluding carboxylic acids is 1. The van der Waals surface area contributed by atoms with Gasteiger partial charge in [0.2, 0.25) is 0 Å². The fourth-order valence-corrected chi connectivity index (χ4v) is 4.91. The number of carbonyl (C=O) groups is 1. The first-order valence-corrected chi connectivity index (χ1v) is 12.0. The topological polar surface area (TPSA) is 86.6 Å². The van der Waals surface area contributed by atoms with Gasteiger partial charge in [-0.25, -0.2) is 13.2 Å². The molecule has 2 aromatic carbocycles. The van der Waals surface area contributed by atoms with Crippen LogP contribution in [0.1, 0.15) is 42.4 Å². The summed E-state index contributed by atoms with van der Waals surface area (Å²) in [4.78, 5) is 12.9. The molecule has 32 heavy (non-hydrogen) atoms. The number of hydrogen-bond acceptors (Lipinski definition) is 5. The van der Waals surface area contributed by atoms with Gasteiger partial charge in [0.15, 0.2) is 0 Å². The molecule has 1 heterocycles. The van der Waals surface area contributed by atoms with Crippen LogP contribution in [-0.4, -0.2) is 32.7 Å². The lowest BCUT2D eigenvalue weighted by atomic mass is 10.0. The van der Waals surface area contributed by atoms with Crippen molar-refractivity contribution in [3.05, 3.63) is 53.2 Å². The van der Waals surface area contributed by atoms with Gasteiger partial charge >= 0.3 is 5.97 Å². The molecule has 0 aliphatic heterocycles. The van der Waals surface area contributed by atoms with E-state index in [0.29, 0.717) is 33.8 Å². The van der Waals surface area contributed by atoms with E-state index in [1.54, 1.807) is 38.1 Å². The van der Waals surface area contributed by atoms with E-state index in [1.165, 1.54) is 7.11 Å². The second-order valence-corrected chi connectivity index (χ2v) is 9.81. The van der Waals surface area contributed by atoms with Crippen molar-refractivity contribution >= 4 is 32.6 Å². The lowest BCUT2D eigenvalue weighted by molar-refractivity contribution is 0.0527. The van der Waals surface area contributed by atoms with Gasteiger partial charge in [0, 0.05) is 18.1 Å². The molecular weight excluding hydrogens is 428 g/mol. The van der Waals surface area contributed by atoms with Gasteiger partial charge in [-0.15, -0.1) is 0 Å². The number of benzene rings is 2. The van der Waals surface area contributed by atoms with Crippen molar-refractivity contribution in [2.24, 2.45) is 13.0 Å². The van der Waals surface area contributed by atoms with Crippen LogP contribution in [-0.2, 0) is 28.2 Å². The molecule has 0 unspecified atom stereocenters. The number of anilines is 1. The summed E-state index contributed by atoms with van der Waals surface area (Å²) >= 11 is 0. The third-order valence-corrected chi connectivity index (χ3v) is 6.80. The van der Waals surface area contributed by atoms with Gasteiger partial charge in [-0.05, 0) is 56.0 Å². The second kappa shape index (κ2) is 9.24. The van der Waals surface area contributed by atoms with Gasteiger partial charge in [0.25, 0.3) is 10.0 Å². The molecule has 1 N–H and O–H groups in total. The maximum absolute atomic E-state index is 13.3. The zero-order valence-corrected chi connectivity index (χ0v) is 20.2. The first kappa shape index (κ1) is 23.7. The third kappa shape index (κ3) is 4.46. The monoisotopic (exact) mass is 458 g/mol. The van der Waals surface area contributed by atoms with Gasteiger partial charge in [-0.3, -0.25) is 4.72 Å². The minimum absolute atomic E-state index is 0.134. The zero-order valence-electron chi connectivity index (χ0n) is 19.4. The van der Waals surface area contributed by atoms with E-state index in [2.05, 4.69) is 18.6 Å². The van der Waals surface area contributed by atoms with Crippen molar-refractivity contribution in [3.63, 3.8) is 0 Å². The van der Waals surface area contributed by atoms with Gasteiger partial charge < -0.3 is 14.0 Å². The Balaban J connectivity index is 2.15. The average Bonchev–Trinajstić information content (AvgIpc) is 2.99. The highest BCUT2D eigenvalue weighted by molar-refractivity contribution is 7.92. The molecule has 1 aromatic heterocycles. The summed E-state index contributed by atoms with van der Waals surface area (Å²) in [6, 6.07) is 10.3. The zero-order chi connectivity index (χ0) is 23.6. The van der Waals surface area contributed by atoms with Crippen LogP contribution in [0.15, 0.2) is 41.3 Å². The van der Waals surface area contributed by atoms with Crippen molar-refractivity contribution in [2.45, 2.75) is 39.0 Å². The number of aryl methyl sites for hydroxylation is 1. The molecule has 0 aliphatic carbocycles. The molecule has 7 nitrogen and oxygen atoms in total. The Kier molecular flexibility index (Phi) is 6.83. The number of esters is 1. The first-order valence-electron chi connectivity index (χ1n) is 10.6. The molecule has 0 radical (unpaired) electrons. The molecule has 0 bridgehead atoms.